The first-order valence-corrected chi connectivity index (χ1v) is 14.0. The van der Waals surface area contributed by atoms with E-state index in [-0.39, 0.29) is 30.4 Å². The van der Waals surface area contributed by atoms with E-state index in [1.165, 1.54) is 12.1 Å². The number of pyridine rings is 1. The number of rotatable bonds is 10. The predicted octanol–water partition coefficient (Wildman–Crippen LogP) is 6.48. The second-order valence-electron chi connectivity index (χ2n) is 9.61. The van der Waals surface area contributed by atoms with Crippen molar-refractivity contribution in [2.75, 3.05) is 12.8 Å². The quantitative estimate of drug-likeness (QED) is 0.227. The van der Waals surface area contributed by atoms with E-state index >= 15 is 0 Å². The van der Waals surface area contributed by atoms with Crippen molar-refractivity contribution in [2.24, 2.45) is 0 Å². The average Bonchev–Trinajstić information content (AvgIpc) is 2.86. The Bertz CT molecular complexity index is 1350. The van der Waals surface area contributed by atoms with Gasteiger partial charge in [0.15, 0.2) is 8.03 Å². The molecule has 2 aromatic carbocycles. The molecule has 0 aliphatic heterocycles. The number of carboxylic acid groups (broad SMARTS) is 1. The zero-order valence-corrected chi connectivity index (χ0v) is 23.0. The topological polar surface area (TPSA) is 96.7 Å². The van der Waals surface area contributed by atoms with Crippen LogP contribution < -0.4 is 0 Å². The molecule has 200 valence electrons. The Kier molecular flexibility index (Phi) is 10.4. The van der Waals surface area contributed by atoms with Crippen molar-refractivity contribution in [1.29, 1.82) is 0 Å². The molecule has 0 radical (unpaired) electrons. The molecule has 0 aliphatic rings. The molecule has 6 nitrogen and oxygen atoms in total. The Morgan fingerprint density at radius 3 is 2.26 bits per heavy atom. The van der Waals surface area contributed by atoms with Gasteiger partial charge in [-0.1, -0.05) is 82.0 Å². The number of hydrogen-bond acceptors (Lipinski definition) is 5. The highest BCUT2D eigenvalue weighted by Gasteiger charge is 2.24. The molecule has 1 aromatic heterocycles. The summed E-state index contributed by atoms with van der Waals surface area (Å²) < 4.78 is 31.3. The summed E-state index contributed by atoms with van der Waals surface area (Å²) in [4.78, 5) is 15.8. The highest BCUT2D eigenvalue weighted by Crippen LogP contribution is 2.41. The lowest BCUT2D eigenvalue weighted by Crippen LogP contribution is -2.15. The number of aliphatic hydroxyl groups excluding tert-OH is 1. The second-order valence-corrected chi connectivity index (χ2v) is 11.1. The van der Waals surface area contributed by atoms with E-state index in [1.54, 1.807) is 12.1 Å². The molecule has 3 rings (SSSR count). The fraction of sp³-hybridized carbons (Fsp3) is 0.333. The summed E-state index contributed by atoms with van der Waals surface area (Å²) in [7, 11) is -2.67. The minimum atomic E-state index is -2.67. The molecule has 3 aromatic rings. The first-order chi connectivity index (χ1) is 18.1. The van der Waals surface area contributed by atoms with Gasteiger partial charge in [-0.05, 0) is 35.1 Å². The van der Waals surface area contributed by atoms with E-state index in [2.05, 4.69) is 25.7 Å². The number of aliphatic hydroxyl groups is 1. The molecule has 2 unspecified atom stereocenters. The SMILES string of the molecule is CC(C)c1nc(-c2ccccc2)c(C(C)C)c(-c2ccc(F)cc2)c1C#CCO[PH](=O)CC(O)CC(=O)O. The highest BCUT2D eigenvalue weighted by molar-refractivity contribution is 7.39. The zero-order valence-electron chi connectivity index (χ0n) is 22.0. The Hall–Kier alpha value is -3.30. The summed E-state index contributed by atoms with van der Waals surface area (Å²) in [6.45, 7) is 8.08. The normalized spacial score (nSPS) is 12.7. The molecule has 0 aliphatic carbocycles. The van der Waals surface area contributed by atoms with Gasteiger partial charge in [0, 0.05) is 17.3 Å². The third kappa shape index (κ3) is 7.61. The predicted molar refractivity (Wildman–Crippen MR) is 148 cm³/mol. The molecule has 1 heterocycles. The molecule has 2 N–H and O–H groups in total. The van der Waals surface area contributed by atoms with Crippen molar-refractivity contribution in [3.05, 3.63) is 77.2 Å². The van der Waals surface area contributed by atoms with E-state index in [1.807, 2.05) is 44.2 Å². The average molecular weight is 538 g/mol. The van der Waals surface area contributed by atoms with Gasteiger partial charge in [-0.25, -0.2) is 4.39 Å². The van der Waals surface area contributed by atoms with Gasteiger partial charge in [0.25, 0.3) is 0 Å². The van der Waals surface area contributed by atoms with E-state index in [0.29, 0.717) is 5.56 Å². The van der Waals surface area contributed by atoms with E-state index in [0.717, 1.165) is 33.6 Å². The maximum Gasteiger partial charge on any atom is 0.305 e. The molecule has 2 atom stereocenters. The van der Waals surface area contributed by atoms with Gasteiger partial charge in [-0.2, -0.15) is 0 Å². The lowest BCUT2D eigenvalue weighted by Gasteiger charge is -2.23. The molecule has 0 saturated carbocycles. The van der Waals surface area contributed by atoms with Crippen LogP contribution in [0.2, 0.25) is 0 Å². The Balaban J connectivity index is 2.12. The molecule has 8 heteroatoms. The smallest absolute Gasteiger partial charge is 0.305 e. The molecule has 0 amide bonds. The Morgan fingerprint density at radius 1 is 1.03 bits per heavy atom. The van der Waals surface area contributed by atoms with Crippen LogP contribution in [0.5, 0.6) is 0 Å². The van der Waals surface area contributed by atoms with E-state index in [4.69, 9.17) is 14.6 Å². The highest BCUT2D eigenvalue weighted by atomic mass is 31.1. The van der Waals surface area contributed by atoms with Crippen molar-refractivity contribution in [3.8, 4) is 34.2 Å². The monoisotopic (exact) mass is 537 g/mol. The van der Waals surface area contributed by atoms with Crippen LogP contribution in [-0.2, 0) is 13.9 Å². The molecule has 0 bridgehead atoms. The summed E-state index contributed by atoms with van der Waals surface area (Å²) >= 11 is 0. The molecular formula is C30H33FNO5P. The number of nitrogens with zero attached hydrogens (tertiary/aromatic N) is 1. The van der Waals surface area contributed by atoms with Gasteiger partial charge in [0.2, 0.25) is 0 Å². The fourth-order valence-electron chi connectivity index (χ4n) is 4.22. The van der Waals surface area contributed by atoms with Crippen molar-refractivity contribution >= 4 is 14.0 Å². The van der Waals surface area contributed by atoms with Gasteiger partial charge in [0.05, 0.1) is 29.5 Å². The van der Waals surface area contributed by atoms with Gasteiger partial charge < -0.3 is 14.7 Å². The zero-order chi connectivity index (χ0) is 27.8. The maximum atomic E-state index is 13.9. The molecule has 0 spiro atoms. The maximum absolute atomic E-state index is 13.9. The van der Waals surface area contributed by atoms with Crippen molar-refractivity contribution < 1.29 is 28.5 Å². The van der Waals surface area contributed by atoms with Crippen LogP contribution in [0.4, 0.5) is 4.39 Å². The van der Waals surface area contributed by atoms with Crippen LogP contribution in [0.1, 0.15) is 62.8 Å². The lowest BCUT2D eigenvalue weighted by molar-refractivity contribution is -0.138. The van der Waals surface area contributed by atoms with Gasteiger partial charge >= 0.3 is 5.97 Å². The van der Waals surface area contributed by atoms with Crippen molar-refractivity contribution in [2.45, 2.75) is 52.1 Å². The number of carboxylic acids is 1. The Labute approximate surface area is 223 Å². The van der Waals surface area contributed by atoms with Crippen LogP contribution in [0.3, 0.4) is 0 Å². The lowest BCUT2D eigenvalue weighted by atomic mass is 9.84. The van der Waals surface area contributed by atoms with E-state index < -0.39 is 26.5 Å². The first-order valence-electron chi connectivity index (χ1n) is 12.5. The Morgan fingerprint density at radius 2 is 1.68 bits per heavy atom. The molecule has 0 saturated heterocycles. The van der Waals surface area contributed by atoms with Crippen molar-refractivity contribution in [1.82, 2.24) is 4.98 Å². The number of hydrogen-bond donors (Lipinski definition) is 2. The summed E-state index contributed by atoms with van der Waals surface area (Å²) in [5, 5.41) is 18.5. The number of aromatic nitrogens is 1. The second kappa shape index (κ2) is 13.5. The van der Waals surface area contributed by atoms with Gasteiger partial charge in [-0.15, -0.1) is 0 Å². The summed E-state index contributed by atoms with van der Waals surface area (Å²) in [5.41, 5.74) is 5.98. The fourth-order valence-corrected chi connectivity index (χ4v) is 5.10. The van der Waals surface area contributed by atoms with Crippen LogP contribution >= 0.6 is 8.03 Å². The van der Waals surface area contributed by atoms with Crippen LogP contribution in [0.25, 0.3) is 22.4 Å². The number of halogens is 1. The van der Waals surface area contributed by atoms with Crippen LogP contribution in [0.15, 0.2) is 54.6 Å². The molecular weight excluding hydrogens is 504 g/mol. The standard InChI is InChI=1S/C30H33FNO5P/c1-19(2)27-28(21-12-14-23(31)15-13-21)25(11-8-16-37-38(36)18-24(33)17-26(34)35)29(20(3)4)32-30(27)22-9-6-5-7-10-22/h5-7,9-10,12-15,19-20,24,33,38H,16-18H2,1-4H3,(H,34,35). The largest absolute Gasteiger partial charge is 0.481 e. The number of aliphatic carboxylic acids is 1. The summed E-state index contributed by atoms with van der Waals surface area (Å²) in [6, 6.07) is 16.2. The summed E-state index contributed by atoms with van der Waals surface area (Å²) in [6.07, 6.45) is -1.99. The van der Waals surface area contributed by atoms with Crippen LogP contribution in [-0.4, -0.2) is 40.0 Å². The van der Waals surface area contributed by atoms with Gasteiger partial charge in [-0.3, -0.25) is 14.3 Å². The van der Waals surface area contributed by atoms with Crippen LogP contribution in [0, 0.1) is 17.7 Å². The first kappa shape index (κ1) is 29.3. The number of benzene rings is 2. The third-order valence-corrected chi connectivity index (χ3v) is 7.17. The molecule has 0 fully saturated rings. The minimum Gasteiger partial charge on any atom is -0.481 e. The molecule has 38 heavy (non-hydrogen) atoms. The van der Waals surface area contributed by atoms with E-state index in [9.17, 15) is 18.9 Å². The summed E-state index contributed by atoms with van der Waals surface area (Å²) in [5.74, 6) is 4.70. The minimum absolute atomic E-state index is 0.0217. The third-order valence-electron chi connectivity index (χ3n) is 5.90. The number of carbonyl (C=O) groups is 1. The van der Waals surface area contributed by atoms with Gasteiger partial charge in [0.1, 0.15) is 12.4 Å². The van der Waals surface area contributed by atoms with Crippen molar-refractivity contribution in [3.63, 3.8) is 0 Å².